The maximum atomic E-state index is 13.9. The van der Waals surface area contributed by atoms with E-state index in [2.05, 4.69) is 5.32 Å². The Morgan fingerprint density at radius 2 is 1.73 bits per heavy atom. The van der Waals surface area contributed by atoms with Crippen LogP contribution in [0, 0.1) is 11.7 Å². The van der Waals surface area contributed by atoms with Crippen LogP contribution in [0.15, 0.2) is 66.7 Å². The van der Waals surface area contributed by atoms with Crippen molar-refractivity contribution in [1.29, 1.82) is 0 Å². The summed E-state index contributed by atoms with van der Waals surface area (Å²) in [5, 5.41) is 4.99. The number of rotatable bonds is 3. The molecule has 1 aliphatic heterocycles. The van der Waals surface area contributed by atoms with Crippen LogP contribution in [-0.2, 0) is 9.59 Å². The van der Waals surface area contributed by atoms with Gasteiger partial charge >= 0.3 is 0 Å². The Morgan fingerprint density at radius 1 is 1.00 bits per heavy atom. The lowest BCUT2D eigenvalue weighted by Gasteiger charge is -2.17. The Morgan fingerprint density at radius 3 is 2.54 bits per heavy atom. The first-order valence-electron chi connectivity index (χ1n) is 8.46. The SMILES string of the molecule is O=C(Nc1ccc2ccccc2c1)[C@@H]1CC(=O)N(c2ccccc2F)C1. The Kier molecular flexibility index (Phi) is 4.13. The molecule has 1 heterocycles. The van der Waals surface area contributed by atoms with Crippen LogP contribution < -0.4 is 10.2 Å². The predicted molar refractivity (Wildman–Crippen MR) is 99.4 cm³/mol. The van der Waals surface area contributed by atoms with Gasteiger partial charge in [-0.2, -0.15) is 0 Å². The molecular weight excluding hydrogens is 331 g/mol. The van der Waals surface area contributed by atoms with E-state index in [1.165, 1.54) is 11.0 Å². The molecular formula is C21H17FN2O2. The zero-order valence-corrected chi connectivity index (χ0v) is 14.0. The highest BCUT2D eigenvalue weighted by Crippen LogP contribution is 2.28. The van der Waals surface area contributed by atoms with Crippen molar-refractivity contribution in [2.45, 2.75) is 6.42 Å². The summed E-state index contributed by atoms with van der Waals surface area (Å²) in [6, 6.07) is 19.7. The monoisotopic (exact) mass is 348 g/mol. The van der Waals surface area contributed by atoms with Gasteiger partial charge in [0.15, 0.2) is 0 Å². The fourth-order valence-corrected chi connectivity index (χ4v) is 3.30. The molecule has 2 amide bonds. The average molecular weight is 348 g/mol. The number of nitrogens with one attached hydrogen (secondary N) is 1. The molecule has 4 rings (SSSR count). The minimum atomic E-state index is -0.506. The molecule has 1 atom stereocenters. The Hall–Kier alpha value is -3.21. The van der Waals surface area contributed by atoms with Gasteiger partial charge < -0.3 is 10.2 Å². The number of nitrogens with zero attached hydrogens (tertiary/aromatic N) is 1. The number of amides is 2. The van der Waals surface area contributed by atoms with Gasteiger partial charge in [-0.05, 0) is 35.0 Å². The Bertz CT molecular complexity index is 1000. The molecule has 1 N–H and O–H groups in total. The summed E-state index contributed by atoms with van der Waals surface area (Å²) in [6.07, 6.45) is 0.0771. The van der Waals surface area contributed by atoms with Crippen LogP contribution in [0.2, 0.25) is 0 Å². The lowest BCUT2D eigenvalue weighted by atomic mass is 10.1. The smallest absolute Gasteiger partial charge is 0.229 e. The molecule has 3 aromatic carbocycles. The normalized spacial score (nSPS) is 16.9. The van der Waals surface area contributed by atoms with Crippen molar-refractivity contribution < 1.29 is 14.0 Å². The van der Waals surface area contributed by atoms with Crippen molar-refractivity contribution in [3.8, 4) is 0 Å². The van der Waals surface area contributed by atoms with Gasteiger partial charge in [-0.3, -0.25) is 9.59 Å². The average Bonchev–Trinajstić information content (AvgIpc) is 3.04. The van der Waals surface area contributed by atoms with Crippen LogP contribution in [0.5, 0.6) is 0 Å². The third-order valence-corrected chi connectivity index (χ3v) is 4.66. The van der Waals surface area contributed by atoms with Crippen molar-refractivity contribution in [2.24, 2.45) is 5.92 Å². The number of hydrogen-bond donors (Lipinski definition) is 1. The van der Waals surface area contributed by atoms with E-state index >= 15 is 0 Å². The van der Waals surface area contributed by atoms with Crippen LogP contribution in [0.4, 0.5) is 15.8 Å². The summed E-state index contributed by atoms with van der Waals surface area (Å²) >= 11 is 0. The fourth-order valence-electron chi connectivity index (χ4n) is 3.30. The Labute approximate surface area is 150 Å². The maximum absolute atomic E-state index is 13.9. The molecule has 1 saturated heterocycles. The summed E-state index contributed by atoms with van der Waals surface area (Å²) in [5.74, 6) is -1.44. The maximum Gasteiger partial charge on any atom is 0.229 e. The van der Waals surface area contributed by atoms with E-state index in [0.29, 0.717) is 5.69 Å². The van der Waals surface area contributed by atoms with E-state index in [0.717, 1.165) is 10.8 Å². The number of para-hydroxylation sites is 1. The number of carbonyl (C=O) groups is 2. The van der Waals surface area contributed by atoms with Gasteiger partial charge in [-0.1, -0.05) is 42.5 Å². The summed E-state index contributed by atoms with van der Waals surface area (Å²) in [6.45, 7) is 0.180. The highest BCUT2D eigenvalue weighted by atomic mass is 19.1. The van der Waals surface area contributed by atoms with Crippen molar-refractivity contribution in [3.63, 3.8) is 0 Å². The second-order valence-electron chi connectivity index (χ2n) is 6.41. The minimum Gasteiger partial charge on any atom is -0.326 e. The van der Waals surface area contributed by atoms with E-state index in [1.54, 1.807) is 18.2 Å². The summed E-state index contributed by atoms with van der Waals surface area (Å²) < 4.78 is 13.9. The minimum absolute atomic E-state index is 0.0771. The first-order valence-corrected chi connectivity index (χ1v) is 8.46. The van der Waals surface area contributed by atoms with Crippen LogP contribution >= 0.6 is 0 Å². The van der Waals surface area contributed by atoms with Gasteiger partial charge in [0.25, 0.3) is 0 Å². The van der Waals surface area contributed by atoms with Crippen LogP contribution in [0.3, 0.4) is 0 Å². The van der Waals surface area contributed by atoms with Crippen LogP contribution in [0.25, 0.3) is 10.8 Å². The second kappa shape index (κ2) is 6.59. The number of anilines is 2. The fraction of sp³-hybridized carbons (Fsp3) is 0.143. The molecule has 0 aliphatic carbocycles. The number of carbonyl (C=O) groups excluding carboxylic acids is 2. The van der Waals surface area contributed by atoms with Gasteiger partial charge in [0.1, 0.15) is 5.82 Å². The van der Waals surface area contributed by atoms with Gasteiger partial charge in [0.2, 0.25) is 11.8 Å². The highest BCUT2D eigenvalue weighted by Gasteiger charge is 2.36. The van der Waals surface area contributed by atoms with E-state index in [4.69, 9.17) is 0 Å². The van der Waals surface area contributed by atoms with Crippen LogP contribution in [-0.4, -0.2) is 18.4 Å². The van der Waals surface area contributed by atoms with E-state index in [1.807, 2.05) is 42.5 Å². The number of fused-ring (bicyclic) bond motifs is 1. The molecule has 130 valence electrons. The summed E-state index contributed by atoms with van der Waals surface area (Å²) in [7, 11) is 0. The standard InChI is InChI=1S/C21H17FN2O2/c22-18-7-3-4-8-19(18)24-13-16(12-20(24)25)21(26)23-17-10-9-14-5-1-2-6-15(14)11-17/h1-11,16H,12-13H2,(H,23,26)/t16-/m1/s1. The Balaban J connectivity index is 1.50. The third kappa shape index (κ3) is 3.04. The molecule has 0 spiro atoms. The molecule has 4 nitrogen and oxygen atoms in total. The number of halogens is 1. The molecule has 26 heavy (non-hydrogen) atoms. The zero-order chi connectivity index (χ0) is 18.1. The van der Waals surface area contributed by atoms with E-state index < -0.39 is 11.7 Å². The quantitative estimate of drug-likeness (QED) is 0.779. The third-order valence-electron chi connectivity index (χ3n) is 4.66. The first-order chi connectivity index (χ1) is 12.6. The van der Waals surface area contributed by atoms with Crippen molar-refractivity contribution in [2.75, 3.05) is 16.8 Å². The molecule has 0 bridgehead atoms. The molecule has 5 heteroatoms. The van der Waals surface area contributed by atoms with Gasteiger partial charge in [0.05, 0.1) is 11.6 Å². The van der Waals surface area contributed by atoms with Crippen molar-refractivity contribution >= 4 is 34.0 Å². The van der Waals surface area contributed by atoms with E-state index in [-0.39, 0.29) is 30.5 Å². The lowest BCUT2D eigenvalue weighted by molar-refractivity contribution is -0.122. The largest absolute Gasteiger partial charge is 0.326 e. The zero-order valence-electron chi connectivity index (χ0n) is 14.0. The first kappa shape index (κ1) is 16.3. The molecule has 0 unspecified atom stereocenters. The van der Waals surface area contributed by atoms with Gasteiger partial charge in [0, 0.05) is 18.7 Å². The van der Waals surface area contributed by atoms with E-state index in [9.17, 15) is 14.0 Å². The van der Waals surface area contributed by atoms with Gasteiger partial charge in [-0.25, -0.2) is 4.39 Å². The molecule has 0 radical (unpaired) electrons. The van der Waals surface area contributed by atoms with Crippen molar-refractivity contribution in [3.05, 3.63) is 72.5 Å². The molecule has 0 aromatic heterocycles. The van der Waals surface area contributed by atoms with Crippen LogP contribution in [0.1, 0.15) is 6.42 Å². The van der Waals surface area contributed by atoms with Crippen molar-refractivity contribution in [1.82, 2.24) is 0 Å². The molecule has 3 aromatic rings. The topological polar surface area (TPSA) is 49.4 Å². The lowest BCUT2D eigenvalue weighted by Crippen LogP contribution is -2.28. The second-order valence-corrected chi connectivity index (χ2v) is 6.41. The molecule has 0 saturated carbocycles. The molecule has 1 aliphatic rings. The highest BCUT2D eigenvalue weighted by molar-refractivity contribution is 6.04. The summed E-state index contributed by atoms with van der Waals surface area (Å²) in [5.41, 5.74) is 0.906. The van der Waals surface area contributed by atoms with Gasteiger partial charge in [-0.15, -0.1) is 0 Å². The summed E-state index contributed by atoms with van der Waals surface area (Å²) in [4.78, 5) is 26.2. The number of hydrogen-bond acceptors (Lipinski definition) is 2. The molecule has 1 fully saturated rings. The predicted octanol–water partition coefficient (Wildman–Crippen LogP) is 3.97. The number of benzene rings is 3.